The molecule has 0 spiro atoms. The van der Waals surface area contributed by atoms with E-state index in [0.717, 1.165) is 22.3 Å². The van der Waals surface area contributed by atoms with Crippen LogP contribution in [-0.4, -0.2) is 22.1 Å². The average Bonchev–Trinajstić information content (AvgIpc) is 3.44. The zero-order valence-corrected chi connectivity index (χ0v) is 16.9. The van der Waals surface area contributed by atoms with E-state index < -0.39 is 11.9 Å². The number of amides is 1. The topological polar surface area (TPSA) is 113 Å². The number of para-hydroxylation sites is 1. The first-order chi connectivity index (χ1) is 14.9. The fourth-order valence-electron chi connectivity index (χ4n) is 3.51. The van der Waals surface area contributed by atoms with Crippen molar-refractivity contribution in [3.8, 4) is 17.1 Å². The standard InChI is InChI=1S/C23H15NO6S/c1-11-4-2-7-16-13(11)9-18(29-16)21(26)24-22-19(23(27)28)14(10-31-22)17-8-12-5-3-6-15(25)20(12)30-17/h2-10,25H,1H3,(H,24,26)(H,27,28). The summed E-state index contributed by atoms with van der Waals surface area (Å²) in [4.78, 5) is 24.8. The Morgan fingerprint density at radius 1 is 1.06 bits per heavy atom. The number of aromatic hydroxyl groups is 1. The third-order valence-corrected chi connectivity index (χ3v) is 5.92. The molecule has 8 heteroatoms. The highest BCUT2D eigenvalue weighted by Crippen LogP contribution is 2.40. The van der Waals surface area contributed by atoms with E-state index in [1.165, 1.54) is 6.07 Å². The summed E-state index contributed by atoms with van der Waals surface area (Å²) < 4.78 is 11.3. The van der Waals surface area contributed by atoms with Crippen LogP contribution < -0.4 is 5.32 Å². The lowest BCUT2D eigenvalue weighted by Crippen LogP contribution is -2.12. The Kier molecular flexibility index (Phi) is 4.30. The number of hydrogen-bond donors (Lipinski definition) is 3. The highest BCUT2D eigenvalue weighted by Gasteiger charge is 2.25. The van der Waals surface area contributed by atoms with Gasteiger partial charge >= 0.3 is 5.97 Å². The predicted octanol–water partition coefficient (Wildman–Crippen LogP) is 5.87. The van der Waals surface area contributed by atoms with Gasteiger partial charge in [0, 0.05) is 21.7 Å². The minimum absolute atomic E-state index is 0.0374. The second kappa shape index (κ2) is 7.03. The number of fused-ring (bicyclic) bond motifs is 2. The van der Waals surface area contributed by atoms with Gasteiger partial charge in [-0.25, -0.2) is 4.79 Å². The number of rotatable bonds is 4. The van der Waals surface area contributed by atoms with Crippen LogP contribution in [0.4, 0.5) is 5.00 Å². The monoisotopic (exact) mass is 433 g/mol. The summed E-state index contributed by atoms with van der Waals surface area (Å²) in [6.45, 7) is 1.92. The SMILES string of the molecule is Cc1cccc2oc(C(=O)Nc3scc(-c4cc5cccc(O)c5o4)c3C(=O)O)cc12. The fourth-order valence-corrected chi connectivity index (χ4v) is 4.44. The molecule has 0 unspecified atom stereocenters. The molecule has 5 rings (SSSR count). The van der Waals surface area contributed by atoms with Crippen LogP contribution in [0.2, 0.25) is 0 Å². The van der Waals surface area contributed by atoms with E-state index >= 15 is 0 Å². The molecule has 3 N–H and O–H groups in total. The molecule has 31 heavy (non-hydrogen) atoms. The zero-order valence-electron chi connectivity index (χ0n) is 16.1. The van der Waals surface area contributed by atoms with Crippen molar-refractivity contribution >= 4 is 50.2 Å². The lowest BCUT2D eigenvalue weighted by molar-refractivity contribution is 0.0699. The molecule has 3 aromatic heterocycles. The molecule has 5 aromatic rings. The van der Waals surface area contributed by atoms with Gasteiger partial charge in [0.05, 0.1) is 0 Å². The van der Waals surface area contributed by atoms with Crippen molar-refractivity contribution in [1.82, 2.24) is 0 Å². The molecule has 0 saturated heterocycles. The number of nitrogens with one attached hydrogen (secondary N) is 1. The second-order valence-corrected chi connectivity index (χ2v) is 7.90. The van der Waals surface area contributed by atoms with E-state index in [1.54, 1.807) is 35.7 Å². The number of aryl methyl sites for hydroxylation is 1. The summed E-state index contributed by atoms with van der Waals surface area (Å²) >= 11 is 1.07. The number of phenolic OH excluding ortho intramolecular Hbond substituents is 1. The Balaban J connectivity index is 1.53. The van der Waals surface area contributed by atoms with Crippen LogP contribution in [0.5, 0.6) is 5.75 Å². The van der Waals surface area contributed by atoms with Crippen molar-refractivity contribution in [1.29, 1.82) is 0 Å². The Morgan fingerprint density at radius 3 is 2.61 bits per heavy atom. The van der Waals surface area contributed by atoms with Gasteiger partial charge in [0.1, 0.15) is 21.9 Å². The first-order valence-corrected chi connectivity index (χ1v) is 10.2. The zero-order chi connectivity index (χ0) is 21.7. The van der Waals surface area contributed by atoms with Crippen molar-refractivity contribution in [2.75, 3.05) is 5.32 Å². The molecular weight excluding hydrogens is 418 g/mol. The van der Waals surface area contributed by atoms with Crippen LogP contribution in [0.15, 0.2) is 62.7 Å². The Morgan fingerprint density at radius 2 is 1.87 bits per heavy atom. The molecule has 0 aliphatic carbocycles. The van der Waals surface area contributed by atoms with Gasteiger partial charge in [-0.15, -0.1) is 11.3 Å². The Hall–Kier alpha value is -4.04. The van der Waals surface area contributed by atoms with Gasteiger partial charge in [0.2, 0.25) is 0 Å². The second-order valence-electron chi connectivity index (χ2n) is 7.02. The van der Waals surface area contributed by atoms with E-state index in [2.05, 4.69) is 5.32 Å². The summed E-state index contributed by atoms with van der Waals surface area (Å²) in [5.41, 5.74) is 2.03. The minimum atomic E-state index is -1.21. The smallest absolute Gasteiger partial charge is 0.339 e. The number of hydrogen-bond acceptors (Lipinski definition) is 6. The van der Waals surface area contributed by atoms with Gasteiger partial charge in [0.25, 0.3) is 5.91 Å². The number of carboxylic acids is 1. The Labute approximate surface area is 179 Å². The maximum absolute atomic E-state index is 12.8. The van der Waals surface area contributed by atoms with Gasteiger partial charge in [-0.2, -0.15) is 0 Å². The van der Waals surface area contributed by atoms with Crippen molar-refractivity contribution in [2.45, 2.75) is 6.92 Å². The molecule has 7 nitrogen and oxygen atoms in total. The van der Waals surface area contributed by atoms with Gasteiger partial charge in [-0.3, -0.25) is 4.79 Å². The molecule has 0 aliphatic heterocycles. The van der Waals surface area contributed by atoms with Crippen molar-refractivity contribution in [3.63, 3.8) is 0 Å². The van der Waals surface area contributed by atoms with E-state index in [0.29, 0.717) is 16.5 Å². The maximum Gasteiger partial charge on any atom is 0.339 e. The number of thiophene rings is 1. The molecule has 0 fully saturated rings. The summed E-state index contributed by atoms with van der Waals surface area (Å²) in [6, 6.07) is 13.7. The molecule has 0 atom stereocenters. The highest BCUT2D eigenvalue weighted by atomic mass is 32.1. The lowest BCUT2D eigenvalue weighted by atomic mass is 10.1. The summed E-state index contributed by atoms with van der Waals surface area (Å²) in [6.07, 6.45) is 0. The number of phenols is 1. The van der Waals surface area contributed by atoms with Crippen LogP contribution >= 0.6 is 11.3 Å². The molecule has 1 amide bonds. The van der Waals surface area contributed by atoms with Crippen LogP contribution in [0.25, 0.3) is 33.3 Å². The molecule has 0 radical (unpaired) electrons. The molecule has 0 aliphatic rings. The highest BCUT2D eigenvalue weighted by molar-refractivity contribution is 7.15. The molecule has 154 valence electrons. The normalized spacial score (nSPS) is 11.3. The van der Waals surface area contributed by atoms with Crippen molar-refractivity contribution in [2.24, 2.45) is 0 Å². The molecule has 3 heterocycles. The predicted molar refractivity (Wildman–Crippen MR) is 117 cm³/mol. The number of carbonyl (C=O) groups excluding carboxylic acids is 1. The van der Waals surface area contributed by atoms with Gasteiger partial charge < -0.3 is 24.4 Å². The molecule has 2 aromatic carbocycles. The van der Waals surface area contributed by atoms with Gasteiger partial charge in [-0.1, -0.05) is 24.3 Å². The third-order valence-electron chi connectivity index (χ3n) is 5.02. The van der Waals surface area contributed by atoms with Gasteiger partial charge in [0.15, 0.2) is 17.1 Å². The van der Waals surface area contributed by atoms with Crippen LogP contribution in [0, 0.1) is 6.92 Å². The van der Waals surface area contributed by atoms with Crippen LogP contribution in [0.3, 0.4) is 0 Å². The largest absolute Gasteiger partial charge is 0.504 e. The van der Waals surface area contributed by atoms with E-state index in [1.807, 2.05) is 19.1 Å². The molecular formula is C23H15NO6S. The summed E-state index contributed by atoms with van der Waals surface area (Å²) in [7, 11) is 0. The van der Waals surface area contributed by atoms with Crippen molar-refractivity contribution in [3.05, 3.63) is 70.8 Å². The summed E-state index contributed by atoms with van der Waals surface area (Å²) in [5.74, 6) is -1.43. The number of anilines is 1. The first-order valence-electron chi connectivity index (χ1n) is 9.29. The summed E-state index contributed by atoms with van der Waals surface area (Å²) in [5, 5.41) is 25.6. The average molecular weight is 433 g/mol. The van der Waals surface area contributed by atoms with E-state index in [4.69, 9.17) is 8.83 Å². The lowest BCUT2D eigenvalue weighted by Gasteiger charge is -2.03. The van der Waals surface area contributed by atoms with Crippen molar-refractivity contribution < 1.29 is 28.6 Å². The number of benzene rings is 2. The first kappa shape index (κ1) is 19.0. The number of aromatic carboxylic acids is 1. The quantitative estimate of drug-likeness (QED) is 0.327. The molecule has 0 bridgehead atoms. The molecule has 0 saturated carbocycles. The minimum Gasteiger partial charge on any atom is -0.504 e. The number of furan rings is 2. The van der Waals surface area contributed by atoms with E-state index in [-0.39, 0.29) is 33.4 Å². The fraction of sp³-hybridized carbons (Fsp3) is 0.0435. The number of carboxylic acid groups (broad SMARTS) is 1. The van der Waals surface area contributed by atoms with E-state index in [9.17, 15) is 19.8 Å². The Bertz CT molecular complexity index is 1490. The third kappa shape index (κ3) is 3.13. The van der Waals surface area contributed by atoms with Crippen LogP contribution in [-0.2, 0) is 0 Å². The van der Waals surface area contributed by atoms with Crippen LogP contribution in [0.1, 0.15) is 26.5 Å². The maximum atomic E-state index is 12.8. The number of carbonyl (C=O) groups is 2. The van der Waals surface area contributed by atoms with Gasteiger partial charge in [-0.05, 0) is 36.8 Å².